The van der Waals surface area contributed by atoms with Gasteiger partial charge in [-0.05, 0) is 66.6 Å². The molecule has 0 aliphatic carbocycles. The summed E-state index contributed by atoms with van der Waals surface area (Å²) < 4.78 is 0. The van der Waals surface area contributed by atoms with Crippen LogP contribution in [0.1, 0.15) is 47.5 Å². The second-order valence-electron chi connectivity index (χ2n) is 6.26. The lowest BCUT2D eigenvalue weighted by Crippen LogP contribution is -2.44. The summed E-state index contributed by atoms with van der Waals surface area (Å²) in [6.45, 7) is 17.3. The molecule has 0 aliphatic heterocycles. The molecule has 0 aliphatic rings. The van der Waals surface area contributed by atoms with Crippen LogP contribution in [0.4, 0.5) is 0 Å². The van der Waals surface area contributed by atoms with Crippen LogP contribution in [0.2, 0.25) is 0 Å². The third-order valence-electron chi connectivity index (χ3n) is 3.39. The van der Waals surface area contributed by atoms with E-state index in [2.05, 4.69) is 58.5 Å². The van der Waals surface area contributed by atoms with E-state index in [0.717, 1.165) is 19.5 Å². The highest BCUT2D eigenvalue weighted by molar-refractivity contribution is 4.77. The molecule has 2 heteroatoms. The van der Waals surface area contributed by atoms with Gasteiger partial charge in [0.15, 0.2) is 0 Å². The van der Waals surface area contributed by atoms with E-state index in [1.165, 1.54) is 6.42 Å². The van der Waals surface area contributed by atoms with Gasteiger partial charge in [-0.1, -0.05) is 13.0 Å². The maximum absolute atomic E-state index is 3.77. The predicted molar refractivity (Wildman–Crippen MR) is 78.4 cm³/mol. The SMILES string of the molecule is C=CCCCN(C)C(C)C(C)CNC(C)(C)C. The first-order valence-electron chi connectivity index (χ1n) is 6.84. The van der Waals surface area contributed by atoms with Crippen molar-refractivity contribution in [1.82, 2.24) is 10.2 Å². The first kappa shape index (κ1) is 16.7. The Kier molecular flexibility index (Phi) is 7.73. The van der Waals surface area contributed by atoms with E-state index in [9.17, 15) is 0 Å². The van der Waals surface area contributed by atoms with Gasteiger partial charge < -0.3 is 10.2 Å². The topological polar surface area (TPSA) is 15.3 Å². The number of allylic oxidation sites excluding steroid dienone is 1. The van der Waals surface area contributed by atoms with Gasteiger partial charge in [0.1, 0.15) is 0 Å². The van der Waals surface area contributed by atoms with Crippen LogP contribution in [-0.4, -0.2) is 36.6 Å². The Balaban J connectivity index is 3.93. The number of nitrogens with zero attached hydrogens (tertiary/aromatic N) is 1. The quantitative estimate of drug-likeness (QED) is 0.517. The molecule has 0 saturated heterocycles. The number of rotatable bonds is 8. The monoisotopic (exact) mass is 240 g/mol. The van der Waals surface area contributed by atoms with Crippen molar-refractivity contribution in [3.63, 3.8) is 0 Å². The van der Waals surface area contributed by atoms with Crippen molar-refractivity contribution in [2.24, 2.45) is 5.92 Å². The average molecular weight is 240 g/mol. The molecule has 0 heterocycles. The number of nitrogens with one attached hydrogen (secondary N) is 1. The molecule has 0 spiro atoms. The second-order valence-corrected chi connectivity index (χ2v) is 6.26. The molecule has 2 unspecified atom stereocenters. The summed E-state index contributed by atoms with van der Waals surface area (Å²) in [6, 6.07) is 0.620. The van der Waals surface area contributed by atoms with Crippen molar-refractivity contribution in [1.29, 1.82) is 0 Å². The lowest BCUT2D eigenvalue weighted by Gasteiger charge is -2.32. The third-order valence-corrected chi connectivity index (χ3v) is 3.39. The molecule has 0 fully saturated rings. The lowest BCUT2D eigenvalue weighted by atomic mass is 10.00. The zero-order valence-corrected chi connectivity index (χ0v) is 12.7. The molecule has 2 nitrogen and oxygen atoms in total. The molecule has 0 radical (unpaired) electrons. The van der Waals surface area contributed by atoms with Gasteiger partial charge in [0.2, 0.25) is 0 Å². The maximum Gasteiger partial charge on any atom is 0.0102 e. The minimum atomic E-state index is 0.218. The van der Waals surface area contributed by atoms with Gasteiger partial charge in [-0.25, -0.2) is 0 Å². The Morgan fingerprint density at radius 2 is 1.88 bits per heavy atom. The molecule has 0 amide bonds. The van der Waals surface area contributed by atoms with Crippen molar-refractivity contribution >= 4 is 0 Å². The smallest absolute Gasteiger partial charge is 0.0102 e. The first-order chi connectivity index (χ1) is 7.78. The van der Waals surface area contributed by atoms with Crippen LogP contribution in [0.15, 0.2) is 12.7 Å². The summed E-state index contributed by atoms with van der Waals surface area (Å²) in [6.07, 6.45) is 4.33. The summed E-state index contributed by atoms with van der Waals surface area (Å²) in [5, 5.41) is 3.58. The molecule has 0 rings (SSSR count). The van der Waals surface area contributed by atoms with E-state index >= 15 is 0 Å². The fourth-order valence-electron chi connectivity index (χ4n) is 1.76. The highest BCUT2D eigenvalue weighted by atomic mass is 15.1. The zero-order chi connectivity index (χ0) is 13.5. The van der Waals surface area contributed by atoms with Gasteiger partial charge in [-0.3, -0.25) is 0 Å². The highest BCUT2D eigenvalue weighted by Gasteiger charge is 2.18. The molecule has 1 N–H and O–H groups in total. The fraction of sp³-hybridized carbons (Fsp3) is 0.867. The van der Waals surface area contributed by atoms with Crippen LogP contribution in [0.5, 0.6) is 0 Å². The van der Waals surface area contributed by atoms with E-state index in [0.29, 0.717) is 12.0 Å². The predicted octanol–water partition coefficient (Wildman–Crippen LogP) is 3.30. The van der Waals surface area contributed by atoms with Crippen LogP contribution < -0.4 is 5.32 Å². The summed E-state index contributed by atoms with van der Waals surface area (Å²) >= 11 is 0. The molecule has 2 atom stereocenters. The molecule has 0 saturated carbocycles. The lowest BCUT2D eigenvalue weighted by molar-refractivity contribution is 0.187. The minimum absolute atomic E-state index is 0.218. The average Bonchev–Trinajstić information content (AvgIpc) is 2.24. The van der Waals surface area contributed by atoms with Crippen LogP contribution in [0, 0.1) is 5.92 Å². The minimum Gasteiger partial charge on any atom is -0.312 e. The molecule has 0 bridgehead atoms. The van der Waals surface area contributed by atoms with Gasteiger partial charge in [-0.15, -0.1) is 6.58 Å². The Hall–Kier alpha value is -0.340. The van der Waals surface area contributed by atoms with Crippen molar-refractivity contribution < 1.29 is 0 Å². The summed E-state index contributed by atoms with van der Waals surface area (Å²) in [5.41, 5.74) is 0.218. The molecule has 0 aromatic rings. The molecule has 0 aromatic carbocycles. The molecular weight excluding hydrogens is 208 g/mol. The Bertz CT molecular complexity index is 205. The van der Waals surface area contributed by atoms with E-state index < -0.39 is 0 Å². The summed E-state index contributed by atoms with van der Waals surface area (Å²) in [4.78, 5) is 2.46. The standard InChI is InChI=1S/C15H32N2/c1-8-9-10-11-17(7)14(3)13(2)12-16-15(4,5)6/h8,13-14,16H,1,9-12H2,2-7H3. The second kappa shape index (κ2) is 7.88. The van der Waals surface area contributed by atoms with Gasteiger partial charge in [0.25, 0.3) is 0 Å². The van der Waals surface area contributed by atoms with Crippen molar-refractivity contribution in [3.8, 4) is 0 Å². The largest absolute Gasteiger partial charge is 0.312 e. The van der Waals surface area contributed by atoms with Crippen LogP contribution >= 0.6 is 0 Å². The number of hydrogen-bond acceptors (Lipinski definition) is 2. The normalized spacial score (nSPS) is 15.9. The maximum atomic E-state index is 3.77. The van der Waals surface area contributed by atoms with E-state index in [-0.39, 0.29) is 5.54 Å². The first-order valence-corrected chi connectivity index (χ1v) is 6.84. The zero-order valence-electron chi connectivity index (χ0n) is 12.7. The molecule has 0 aromatic heterocycles. The summed E-state index contributed by atoms with van der Waals surface area (Å²) in [7, 11) is 2.22. The van der Waals surface area contributed by atoms with E-state index in [1.54, 1.807) is 0 Å². The molecule has 17 heavy (non-hydrogen) atoms. The number of hydrogen-bond donors (Lipinski definition) is 1. The fourth-order valence-corrected chi connectivity index (χ4v) is 1.76. The van der Waals surface area contributed by atoms with Crippen LogP contribution in [0.3, 0.4) is 0 Å². The number of unbranched alkanes of at least 4 members (excludes halogenated alkanes) is 1. The van der Waals surface area contributed by atoms with E-state index in [4.69, 9.17) is 0 Å². The van der Waals surface area contributed by atoms with Crippen molar-refractivity contribution in [3.05, 3.63) is 12.7 Å². The Morgan fingerprint density at radius 1 is 1.29 bits per heavy atom. The Morgan fingerprint density at radius 3 is 2.35 bits per heavy atom. The molecular formula is C15H32N2. The van der Waals surface area contributed by atoms with E-state index in [1.807, 2.05) is 6.08 Å². The van der Waals surface area contributed by atoms with Gasteiger partial charge >= 0.3 is 0 Å². The Labute approximate surface area is 108 Å². The van der Waals surface area contributed by atoms with Gasteiger partial charge in [0.05, 0.1) is 0 Å². The van der Waals surface area contributed by atoms with Gasteiger partial charge in [0, 0.05) is 11.6 Å². The van der Waals surface area contributed by atoms with Crippen molar-refractivity contribution in [2.45, 2.75) is 59.0 Å². The third kappa shape index (κ3) is 8.39. The van der Waals surface area contributed by atoms with Crippen LogP contribution in [0.25, 0.3) is 0 Å². The van der Waals surface area contributed by atoms with Gasteiger partial charge in [-0.2, -0.15) is 0 Å². The van der Waals surface area contributed by atoms with Crippen LogP contribution in [-0.2, 0) is 0 Å². The highest BCUT2D eigenvalue weighted by Crippen LogP contribution is 2.11. The molecule has 102 valence electrons. The van der Waals surface area contributed by atoms with Crippen molar-refractivity contribution in [2.75, 3.05) is 20.1 Å². The summed E-state index contributed by atoms with van der Waals surface area (Å²) in [5.74, 6) is 0.669.